The molecular weight excluding hydrogens is 386 g/mol. The number of carbonyl (C=O) groups excluding carboxylic acids is 1. The number of carbonyl (C=O) groups is 1. The van der Waals surface area contributed by atoms with E-state index in [1.165, 1.54) is 18.4 Å². The zero-order valence-corrected chi connectivity index (χ0v) is 18.7. The molecule has 5 nitrogen and oxygen atoms in total. The third kappa shape index (κ3) is 5.16. The first-order valence-corrected chi connectivity index (χ1v) is 11.4. The van der Waals surface area contributed by atoms with E-state index in [1.807, 2.05) is 29.2 Å². The average molecular weight is 420 g/mol. The number of amides is 1. The van der Waals surface area contributed by atoms with Gasteiger partial charge in [-0.15, -0.1) is 0 Å². The minimum atomic E-state index is 0.0842. The van der Waals surface area contributed by atoms with Gasteiger partial charge in [-0.2, -0.15) is 0 Å². The Bertz CT molecular complexity index is 940. The first-order chi connectivity index (χ1) is 15.2. The van der Waals surface area contributed by atoms with Crippen molar-refractivity contribution in [3.05, 3.63) is 65.2 Å². The summed E-state index contributed by atoms with van der Waals surface area (Å²) >= 11 is 0. The van der Waals surface area contributed by atoms with Gasteiger partial charge in [-0.05, 0) is 61.9 Å². The lowest BCUT2D eigenvalue weighted by molar-refractivity contribution is -0.124. The van der Waals surface area contributed by atoms with Gasteiger partial charge in [0.25, 0.3) is 5.91 Å². The molecule has 0 aromatic heterocycles. The fraction of sp³-hybridized carbons (Fsp3) is 0.462. The van der Waals surface area contributed by atoms with Crippen LogP contribution in [0.1, 0.15) is 36.5 Å². The third-order valence-corrected chi connectivity index (χ3v) is 6.48. The van der Waals surface area contributed by atoms with E-state index in [9.17, 15) is 4.79 Å². The lowest BCUT2D eigenvalue weighted by Crippen LogP contribution is -2.45. The molecule has 2 aromatic carbocycles. The quantitative estimate of drug-likeness (QED) is 0.654. The van der Waals surface area contributed by atoms with E-state index in [1.54, 1.807) is 7.11 Å². The van der Waals surface area contributed by atoms with Crippen molar-refractivity contribution in [1.29, 1.82) is 0 Å². The van der Waals surface area contributed by atoms with Crippen molar-refractivity contribution in [3.63, 3.8) is 0 Å². The normalized spacial score (nSPS) is 18.4. The molecule has 0 N–H and O–H groups in total. The second-order valence-electron chi connectivity index (χ2n) is 8.58. The number of hydrogen-bond acceptors (Lipinski definition) is 4. The maximum Gasteiger partial charge on any atom is 0.272 e. The van der Waals surface area contributed by atoms with Gasteiger partial charge in [0.1, 0.15) is 11.5 Å². The van der Waals surface area contributed by atoms with Crippen molar-refractivity contribution >= 4 is 11.6 Å². The van der Waals surface area contributed by atoms with Gasteiger partial charge in [-0.3, -0.25) is 9.79 Å². The second-order valence-corrected chi connectivity index (χ2v) is 8.58. The van der Waals surface area contributed by atoms with Crippen LogP contribution >= 0.6 is 0 Å². The Morgan fingerprint density at radius 2 is 2.10 bits per heavy atom. The van der Waals surface area contributed by atoms with Crippen LogP contribution < -0.4 is 4.74 Å². The summed E-state index contributed by atoms with van der Waals surface area (Å²) in [6.07, 6.45) is 3.40. The SMILES string of the molecule is CCN(CC1CCCN(CCc2cccc(OC)c2)C1)C(=O)C1=NCc2ccccc21. The van der Waals surface area contributed by atoms with Crippen LogP contribution in [0.5, 0.6) is 5.75 Å². The third-order valence-electron chi connectivity index (χ3n) is 6.48. The monoisotopic (exact) mass is 419 g/mol. The average Bonchev–Trinajstić information content (AvgIpc) is 3.25. The first-order valence-electron chi connectivity index (χ1n) is 11.4. The van der Waals surface area contributed by atoms with Gasteiger partial charge < -0.3 is 14.5 Å². The molecule has 2 aromatic rings. The number of hydrogen-bond donors (Lipinski definition) is 0. The van der Waals surface area contributed by atoms with Crippen molar-refractivity contribution in [2.45, 2.75) is 32.7 Å². The van der Waals surface area contributed by atoms with Crippen molar-refractivity contribution in [2.24, 2.45) is 10.9 Å². The van der Waals surface area contributed by atoms with E-state index in [0.717, 1.165) is 56.0 Å². The highest BCUT2D eigenvalue weighted by molar-refractivity contribution is 6.46. The van der Waals surface area contributed by atoms with Crippen LogP contribution in [0.25, 0.3) is 0 Å². The van der Waals surface area contributed by atoms with Crippen LogP contribution in [0.4, 0.5) is 0 Å². The molecule has 0 spiro atoms. The fourth-order valence-electron chi connectivity index (χ4n) is 4.76. The highest BCUT2D eigenvalue weighted by atomic mass is 16.5. The molecule has 0 aliphatic carbocycles. The van der Waals surface area contributed by atoms with Gasteiger partial charge >= 0.3 is 0 Å². The summed E-state index contributed by atoms with van der Waals surface area (Å²) in [5, 5.41) is 0. The summed E-state index contributed by atoms with van der Waals surface area (Å²) in [5.74, 6) is 1.52. The van der Waals surface area contributed by atoms with Crippen LogP contribution in [0.15, 0.2) is 53.5 Å². The summed E-state index contributed by atoms with van der Waals surface area (Å²) in [5.41, 5.74) is 4.12. The van der Waals surface area contributed by atoms with Crippen LogP contribution in [0.3, 0.4) is 0 Å². The zero-order valence-electron chi connectivity index (χ0n) is 18.7. The number of nitrogens with zero attached hydrogens (tertiary/aromatic N) is 3. The number of aliphatic imine (C=N–C) groups is 1. The van der Waals surface area contributed by atoms with Crippen LogP contribution in [-0.2, 0) is 17.8 Å². The number of likely N-dealkylation sites (N-methyl/N-ethyl adjacent to an activating group) is 1. The molecule has 0 saturated carbocycles. The predicted octanol–water partition coefficient (Wildman–Crippen LogP) is 3.80. The first kappa shape index (κ1) is 21.6. The van der Waals surface area contributed by atoms with Crippen LogP contribution in [0.2, 0.25) is 0 Å². The smallest absolute Gasteiger partial charge is 0.272 e. The van der Waals surface area contributed by atoms with E-state index in [2.05, 4.69) is 41.1 Å². The molecule has 31 heavy (non-hydrogen) atoms. The Balaban J connectivity index is 1.33. The highest BCUT2D eigenvalue weighted by Crippen LogP contribution is 2.22. The van der Waals surface area contributed by atoms with Gasteiger partial charge in [0.05, 0.1) is 13.7 Å². The molecule has 0 bridgehead atoms. The number of methoxy groups -OCH3 is 1. The standard InChI is InChI=1S/C26H33N3O2/c1-3-29(26(30)25-24-12-5-4-10-22(24)17-27-25)19-21-9-7-14-28(18-21)15-13-20-8-6-11-23(16-20)31-2/h4-6,8,10-12,16,21H,3,7,9,13-15,17-19H2,1-2H3. The summed E-state index contributed by atoms with van der Waals surface area (Å²) < 4.78 is 5.35. The summed E-state index contributed by atoms with van der Waals surface area (Å²) in [6.45, 7) is 7.47. The Morgan fingerprint density at radius 3 is 2.94 bits per heavy atom. The molecule has 1 fully saturated rings. The number of fused-ring (bicyclic) bond motifs is 1. The second kappa shape index (κ2) is 10.1. The molecule has 1 unspecified atom stereocenters. The Morgan fingerprint density at radius 1 is 1.23 bits per heavy atom. The molecule has 5 heteroatoms. The van der Waals surface area contributed by atoms with Crippen LogP contribution in [0, 0.1) is 5.92 Å². The van der Waals surface area contributed by atoms with Crippen molar-refractivity contribution in [3.8, 4) is 5.75 Å². The Kier molecular flexibility index (Phi) is 7.03. The summed E-state index contributed by atoms with van der Waals surface area (Å²) in [6, 6.07) is 16.4. The van der Waals surface area contributed by atoms with E-state index < -0.39 is 0 Å². The minimum absolute atomic E-state index is 0.0842. The Hall–Kier alpha value is -2.66. The van der Waals surface area contributed by atoms with Gasteiger partial charge in [0, 0.05) is 31.7 Å². The van der Waals surface area contributed by atoms with E-state index in [4.69, 9.17) is 4.74 Å². The number of rotatable bonds is 8. The highest BCUT2D eigenvalue weighted by Gasteiger charge is 2.28. The lowest BCUT2D eigenvalue weighted by Gasteiger charge is -2.35. The van der Waals surface area contributed by atoms with Gasteiger partial charge in [0.15, 0.2) is 0 Å². The maximum absolute atomic E-state index is 13.2. The summed E-state index contributed by atoms with van der Waals surface area (Å²) in [4.78, 5) is 22.3. The molecule has 1 amide bonds. The van der Waals surface area contributed by atoms with Crippen molar-refractivity contribution < 1.29 is 9.53 Å². The van der Waals surface area contributed by atoms with E-state index in [-0.39, 0.29) is 5.91 Å². The lowest BCUT2D eigenvalue weighted by atomic mass is 9.96. The van der Waals surface area contributed by atoms with Crippen molar-refractivity contribution in [1.82, 2.24) is 9.80 Å². The summed E-state index contributed by atoms with van der Waals surface area (Å²) in [7, 11) is 1.71. The molecule has 2 heterocycles. The predicted molar refractivity (Wildman–Crippen MR) is 125 cm³/mol. The number of benzene rings is 2. The molecule has 1 saturated heterocycles. The van der Waals surface area contributed by atoms with E-state index in [0.29, 0.717) is 18.2 Å². The molecular formula is C26H33N3O2. The molecule has 2 aliphatic rings. The largest absolute Gasteiger partial charge is 0.497 e. The fourth-order valence-corrected chi connectivity index (χ4v) is 4.76. The van der Waals surface area contributed by atoms with Crippen LogP contribution in [-0.4, -0.2) is 61.3 Å². The number of ether oxygens (including phenoxy) is 1. The molecule has 164 valence electrons. The molecule has 0 radical (unpaired) electrons. The molecule has 2 aliphatic heterocycles. The maximum atomic E-state index is 13.2. The zero-order chi connectivity index (χ0) is 21.6. The minimum Gasteiger partial charge on any atom is -0.497 e. The molecule has 4 rings (SSSR count). The number of piperidine rings is 1. The van der Waals surface area contributed by atoms with Crippen molar-refractivity contribution in [2.75, 3.05) is 39.8 Å². The van der Waals surface area contributed by atoms with E-state index >= 15 is 0 Å². The molecule has 1 atom stereocenters. The van der Waals surface area contributed by atoms with Gasteiger partial charge in [0.2, 0.25) is 0 Å². The van der Waals surface area contributed by atoms with Gasteiger partial charge in [-0.1, -0.05) is 36.4 Å². The Labute approximate surface area is 185 Å². The topological polar surface area (TPSA) is 45.1 Å². The number of likely N-dealkylation sites (tertiary alicyclic amines) is 1. The van der Waals surface area contributed by atoms with Gasteiger partial charge in [-0.25, -0.2) is 0 Å².